The topological polar surface area (TPSA) is 55.6 Å². The molecule has 0 unspecified atom stereocenters. The van der Waals surface area contributed by atoms with E-state index in [0.717, 1.165) is 18.8 Å². The van der Waals surface area contributed by atoms with Crippen LogP contribution in [0.2, 0.25) is 0 Å². The highest BCUT2D eigenvalue weighted by molar-refractivity contribution is 5.60. The van der Waals surface area contributed by atoms with Crippen molar-refractivity contribution < 1.29 is 9.66 Å². The Bertz CT molecular complexity index is 435. The first-order valence-electron chi connectivity index (χ1n) is 4.95. The van der Waals surface area contributed by atoms with Gasteiger partial charge in [-0.15, -0.1) is 0 Å². The van der Waals surface area contributed by atoms with Gasteiger partial charge in [0, 0.05) is 30.9 Å². The van der Waals surface area contributed by atoms with Gasteiger partial charge in [-0.1, -0.05) is 12.2 Å². The van der Waals surface area contributed by atoms with Gasteiger partial charge >= 0.3 is 5.69 Å². The van der Waals surface area contributed by atoms with Crippen LogP contribution in [0.4, 0.5) is 11.4 Å². The summed E-state index contributed by atoms with van der Waals surface area (Å²) in [5, 5.41) is 10.7. The molecular weight excluding hydrogens is 208 g/mol. The van der Waals surface area contributed by atoms with Gasteiger partial charge in [-0.05, 0) is 6.07 Å². The fraction of sp³-hybridized carbons (Fsp3) is 0.273. The molecule has 0 N–H and O–H groups in total. The summed E-state index contributed by atoms with van der Waals surface area (Å²) in [6.45, 7) is 1.67. The summed E-state index contributed by atoms with van der Waals surface area (Å²) < 4.78 is 5.02. The number of rotatable bonds is 3. The summed E-state index contributed by atoms with van der Waals surface area (Å²) in [6.07, 6.45) is 4.13. The summed E-state index contributed by atoms with van der Waals surface area (Å²) in [4.78, 5) is 12.4. The van der Waals surface area contributed by atoms with Gasteiger partial charge in [0.25, 0.3) is 0 Å². The number of nitro groups is 1. The average Bonchev–Trinajstić information content (AvgIpc) is 2.81. The predicted molar refractivity (Wildman–Crippen MR) is 61.0 cm³/mol. The van der Waals surface area contributed by atoms with E-state index >= 15 is 0 Å². The van der Waals surface area contributed by atoms with E-state index < -0.39 is 4.92 Å². The van der Waals surface area contributed by atoms with Gasteiger partial charge in [-0.3, -0.25) is 10.1 Å². The summed E-state index contributed by atoms with van der Waals surface area (Å²) in [5.41, 5.74) is 0.936. The molecule has 1 aromatic carbocycles. The zero-order chi connectivity index (χ0) is 11.5. The van der Waals surface area contributed by atoms with Gasteiger partial charge in [0.1, 0.15) is 0 Å². The summed E-state index contributed by atoms with van der Waals surface area (Å²) >= 11 is 0. The van der Waals surface area contributed by atoms with Crippen molar-refractivity contribution in [2.75, 3.05) is 25.1 Å². The molecular formula is C11H12N2O3. The molecule has 5 nitrogen and oxygen atoms in total. The van der Waals surface area contributed by atoms with Crippen molar-refractivity contribution in [2.24, 2.45) is 0 Å². The lowest BCUT2D eigenvalue weighted by Gasteiger charge is -2.18. The Morgan fingerprint density at radius 3 is 2.62 bits per heavy atom. The van der Waals surface area contributed by atoms with E-state index in [2.05, 4.69) is 17.1 Å². The second-order valence-electron chi connectivity index (χ2n) is 3.49. The number of methoxy groups -OCH3 is 1. The number of nitro benzene ring substituents is 1. The van der Waals surface area contributed by atoms with Gasteiger partial charge in [0.15, 0.2) is 5.75 Å². The molecule has 5 heteroatoms. The van der Waals surface area contributed by atoms with Gasteiger partial charge in [0.05, 0.1) is 12.0 Å². The number of nitrogens with zero attached hydrogens (tertiary/aromatic N) is 2. The molecule has 0 fully saturated rings. The number of benzene rings is 1. The standard InChI is InChI=1S/C11H12N2O3/c1-16-11-8-9(12-6-2-3-7-12)4-5-10(11)13(14)15/h2-5,8H,6-7H2,1H3. The fourth-order valence-corrected chi connectivity index (χ4v) is 1.70. The molecule has 0 spiro atoms. The van der Waals surface area contributed by atoms with Crippen molar-refractivity contribution in [1.29, 1.82) is 0 Å². The van der Waals surface area contributed by atoms with E-state index in [1.807, 2.05) is 0 Å². The molecule has 0 saturated heterocycles. The van der Waals surface area contributed by atoms with Crippen LogP contribution in [-0.2, 0) is 0 Å². The zero-order valence-corrected chi connectivity index (χ0v) is 8.92. The highest BCUT2D eigenvalue weighted by Gasteiger charge is 2.17. The van der Waals surface area contributed by atoms with Crippen LogP contribution in [0.15, 0.2) is 30.4 Å². The summed E-state index contributed by atoms with van der Waals surface area (Å²) in [7, 11) is 1.44. The maximum Gasteiger partial charge on any atom is 0.311 e. The number of ether oxygens (including phenoxy) is 1. The van der Waals surface area contributed by atoms with Crippen LogP contribution in [0.3, 0.4) is 0 Å². The SMILES string of the molecule is COc1cc(N2CC=CC2)ccc1[N+](=O)[O-]. The Labute approximate surface area is 93.1 Å². The Morgan fingerprint density at radius 1 is 1.38 bits per heavy atom. The molecule has 2 rings (SSSR count). The third-order valence-electron chi connectivity index (χ3n) is 2.54. The van der Waals surface area contributed by atoms with Crippen molar-refractivity contribution in [3.63, 3.8) is 0 Å². The van der Waals surface area contributed by atoms with Gasteiger partial charge < -0.3 is 9.64 Å². The van der Waals surface area contributed by atoms with Crippen molar-refractivity contribution in [3.05, 3.63) is 40.5 Å². The highest BCUT2D eigenvalue weighted by atomic mass is 16.6. The summed E-state index contributed by atoms with van der Waals surface area (Å²) in [5.74, 6) is 0.300. The fourth-order valence-electron chi connectivity index (χ4n) is 1.70. The molecule has 0 aliphatic carbocycles. The quantitative estimate of drug-likeness (QED) is 0.444. The maximum atomic E-state index is 10.7. The minimum Gasteiger partial charge on any atom is -0.490 e. The van der Waals surface area contributed by atoms with Crippen LogP contribution in [0.1, 0.15) is 0 Å². The van der Waals surface area contributed by atoms with Crippen molar-refractivity contribution in [1.82, 2.24) is 0 Å². The third-order valence-corrected chi connectivity index (χ3v) is 2.54. The number of anilines is 1. The van der Waals surface area contributed by atoms with Crippen LogP contribution < -0.4 is 9.64 Å². The third kappa shape index (κ3) is 1.84. The molecule has 1 aliphatic heterocycles. The van der Waals surface area contributed by atoms with Crippen molar-refractivity contribution in [2.45, 2.75) is 0 Å². The van der Waals surface area contributed by atoms with E-state index in [-0.39, 0.29) is 5.69 Å². The van der Waals surface area contributed by atoms with Crippen LogP contribution in [-0.4, -0.2) is 25.1 Å². The lowest BCUT2D eigenvalue weighted by atomic mass is 10.2. The molecule has 0 radical (unpaired) electrons. The van der Waals surface area contributed by atoms with Gasteiger partial charge in [-0.2, -0.15) is 0 Å². The molecule has 1 aromatic rings. The average molecular weight is 220 g/mol. The molecule has 16 heavy (non-hydrogen) atoms. The molecule has 0 atom stereocenters. The van der Waals surface area contributed by atoms with E-state index in [9.17, 15) is 10.1 Å². The number of hydrogen-bond acceptors (Lipinski definition) is 4. The monoisotopic (exact) mass is 220 g/mol. The minimum atomic E-state index is -0.440. The van der Waals surface area contributed by atoms with Gasteiger partial charge in [-0.25, -0.2) is 0 Å². The molecule has 0 bridgehead atoms. The highest BCUT2D eigenvalue weighted by Crippen LogP contribution is 2.31. The maximum absolute atomic E-state index is 10.7. The summed E-state index contributed by atoms with van der Waals surface area (Å²) in [6, 6.07) is 4.92. The Hall–Kier alpha value is -2.04. The lowest BCUT2D eigenvalue weighted by molar-refractivity contribution is -0.385. The smallest absolute Gasteiger partial charge is 0.311 e. The Morgan fingerprint density at radius 2 is 2.06 bits per heavy atom. The molecule has 0 saturated carbocycles. The lowest BCUT2D eigenvalue weighted by Crippen LogP contribution is -2.18. The van der Waals surface area contributed by atoms with Crippen LogP contribution >= 0.6 is 0 Å². The molecule has 0 amide bonds. The van der Waals surface area contributed by atoms with E-state index in [4.69, 9.17) is 4.74 Å². The zero-order valence-electron chi connectivity index (χ0n) is 8.92. The van der Waals surface area contributed by atoms with Crippen LogP contribution in [0, 0.1) is 10.1 Å². The van der Waals surface area contributed by atoms with Crippen molar-refractivity contribution in [3.8, 4) is 5.75 Å². The second kappa shape index (κ2) is 4.22. The minimum absolute atomic E-state index is 0.00148. The van der Waals surface area contributed by atoms with E-state index in [1.165, 1.54) is 13.2 Å². The van der Waals surface area contributed by atoms with Crippen LogP contribution in [0.25, 0.3) is 0 Å². The molecule has 0 aromatic heterocycles. The second-order valence-corrected chi connectivity index (χ2v) is 3.49. The first kappa shape index (κ1) is 10.5. The van der Waals surface area contributed by atoms with E-state index in [0.29, 0.717) is 5.75 Å². The Kier molecular flexibility index (Phi) is 2.76. The molecule has 84 valence electrons. The first-order chi connectivity index (χ1) is 7.72. The van der Waals surface area contributed by atoms with E-state index in [1.54, 1.807) is 12.1 Å². The molecule has 1 heterocycles. The van der Waals surface area contributed by atoms with Crippen LogP contribution in [0.5, 0.6) is 5.75 Å². The molecule has 1 aliphatic rings. The predicted octanol–water partition coefficient (Wildman–Crippen LogP) is 1.98. The Balaban J connectivity index is 2.32. The number of hydrogen-bond donors (Lipinski definition) is 0. The van der Waals surface area contributed by atoms with Crippen molar-refractivity contribution >= 4 is 11.4 Å². The normalized spacial score (nSPS) is 14.2. The largest absolute Gasteiger partial charge is 0.490 e. The first-order valence-corrected chi connectivity index (χ1v) is 4.95. The van der Waals surface area contributed by atoms with Gasteiger partial charge in [0.2, 0.25) is 0 Å².